The second kappa shape index (κ2) is 4.47. The largest absolute Gasteiger partial charge is 0.331 e. The zero-order valence-electron chi connectivity index (χ0n) is 11.0. The molecule has 0 aromatic rings. The van der Waals surface area contributed by atoms with E-state index in [2.05, 4.69) is 5.32 Å². The lowest BCUT2D eigenvalue weighted by molar-refractivity contribution is -0.151. The number of nitrogens with one attached hydrogen (secondary N) is 1. The van der Waals surface area contributed by atoms with Crippen molar-refractivity contribution < 1.29 is 14.4 Å². The van der Waals surface area contributed by atoms with Crippen LogP contribution in [0.15, 0.2) is 0 Å². The van der Waals surface area contributed by atoms with Gasteiger partial charge in [-0.2, -0.15) is 0 Å². The fourth-order valence-electron chi connectivity index (χ4n) is 2.06. The van der Waals surface area contributed by atoms with Gasteiger partial charge in [-0.05, 0) is 26.2 Å². The van der Waals surface area contributed by atoms with Crippen molar-refractivity contribution in [3.05, 3.63) is 0 Å². The number of rotatable bonds is 3. The first kappa shape index (κ1) is 13.7. The summed E-state index contributed by atoms with van der Waals surface area (Å²) in [6.07, 6.45) is 0.682. The average Bonchev–Trinajstić information content (AvgIpc) is 2.21. The third kappa shape index (κ3) is 2.18. The summed E-state index contributed by atoms with van der Waals surface area (Å²) in [5.41, 5.74) is -1.17. The van der Waals surface area contributed by atoms with Crippen LogP contribution in [0.3, 0.4) is 0 Å². The van der Waals surface area contributed by atoms with Gasteiger partial charge in [0.1, 0.15) is 5.41 Å². The van der Waals surface area contributed by atoms with Crippen molar-refractivity contribution in [3.63, 3.8) is 0 Å². The number of carbonyl (C=O) groups is 3. The molecule has 1 unspecified atom stereocenters. The molecule has 0 radical (unpaired) electrons. The van der Waals surface area contributed by atoms with Gasteiger partial charge in [-0.25, -0.2) is 4.79 Å². The van der Waals surface area contributed by atoms with E-state index >= 15 is 0 Å². The Bertz CT molecular complexity index is 361. The number of imide groups is 2. The lowest BCUT2D eigenvalue weighted by Gasteiger charge is -2.40. The van der Waals surface area contributed by atoms with Gasteiger partial charge in [0.25, 0.3) is 0 Å². The fourth-order valence-corrected chi connectivity index (χ4v) is 2.06. The highest BCUT2D eigenvalue weighted by Crippen LogP contribution is 2.27. The summed E-state index contributed by atoms with van der Waals surface area (Å²) >= 11 is 0. The number of amides is 4. The summed E-state index contributed by atoms with van der Waals surface area (Å²) in [6.45, 7) is 8.92. The third-order valence-corrected chi connectivity index (χ3v) is 3.28. The maximum atomic E-state index is 12.2. The smallest absolute Gasteiger partial charge is 0.277 e. The highest BCUT2D eigenvalue weighted by Gasteiger charge is 2.49. The molecular weight excluding hydrogens is 220 g/mol. The molecule has 1 heterocycles. The standard InChI is InChI=1S/C12H20N2O3/c1-6-8(7(2)3)14-10(16)12(4,5)9(15)13-11(14)17/h7-8H,6H2,1-5H3,(H,13,15,17). The molecular formula is C12H20N2O3. The van der Waals surface area contributed by atoms with Gasteiger partial charge >= 0.3 is 6.03 Å². The molecule has 0 aliphatic carbocycles. The van der Waals surface area contributed by atoms with Crippen molar-refractivity contribution in [1.29, 1.82) is 0 Å². The topological polar surface area (TPSA) is 66.5 Å². The molecule has 1 rings (SSSR count). The van der Waals surface area contributed by atoms with Gasteiger partial charge in [-0.1, -0.05) is 20.8 Å². The molecule has 0 bridgehead atoms. The van der Waals surface area contributed by atoms with Crippen LogP contribution in [-0.4, -0.2) is 28.8 Å². The molecule has 5 heteroatoms. The van der Waals surface area contributed by atoms with Crippen LogP contribution < -0.4 is 5.32 Å². The minimum Gasteiger partial charge on any atom is -0.277 e. The van der Waals surface area contributed by atoms with E-state index in [-0.39, 0.29) is 12.0 Å². The molecule has 0 aromatic heterocycles. The SMILES string of the molecule is CCC(C(C)C)N1C(=O)NC(=O)C(C)(C)C1=O. The fraction of sp³-hybridized carbons (Fsp3) is 0.750. The van der Waals surface area contributed by atoms with Crippen molar-refractivity contribution in [2.75, 3.05) is 0 Å². The zero-order chi connectivity index (χ0) is 13.4. The summed E-state index contributed by atoms with van der Waals surface area (Å²) < 4.78 is 0. The van der Waals surface area contributed by atoms with Gasteiger partial charge in [0, 0.05) is 6.04 Å². The van der Waals surface area contributed by atoms with Gasteiger partial charge in [0.15, 0.2) is 0 Å². The molecule has 17 heavy (non-hydrogen) atoms. The molecule has 4 amide bonds. The van der Waals surface area contributed by atoms with Crippen LogP contribution in [0.1, 0.15) is 41.0 Å². The summed E-state index contributed by atoms with van der Waals surface area (Å²) in [7, 11) is 0. The van der Waals surface area contributed by atoms with E-state index in [0.717, 1.165) is 0 Å². The van der Waals surface area contributed by atoms with E-state index in [0.29, 0.717) is 6.42 Å². The predicted octanol–water partition coefficient (Wildman–Crippen LogP) is 1.53. The molecule has 1 aliphatic heterocycles. The van der Waals surface area contributed by atoms with Gasteiger partial charge in [-0.3, -0.25) is 19.8 Å². The third-order valence-electron chi connectivity index (χ3n) is 3.28. The second-order valence-corrected chi connectivity index (χ2v) is 5.28. The minimum absolute atomic E-state index is 0.165. The summed E-state index contributed by atoms with van der Waals surface area (Å²) in [4.78, 5) is 36.8. The summed E-state index contributed by atoms with van der Waals surface area (Å²) in [5.74, 6) is -0.770. The first-order valence-corrected chi connectivity index (χ1v) is 5.92. The molecule has 0 saturated carbocycles. The molecule has 0 spiro atoms. The van der Waals surface area contributed by atoms with Crippen LogP contribution in [0.25, 0.3) is 0 Å². The molecule has 96 valence electrons. The Morgan fingerprint density at radius 2 is 1.76 bits per heavy atom. The Labute approximate surface area is 102 Å². The van der Waals surface area contributed by atoms with Crippen molar-refractivity contribution in [1.82, 2.24) is 10.2 Å². The number of hydrogen-bond acceptors (Lipinski definition) is 3. The Hall–Kier alpha value is -1.39. The predicted molar refractivity (Wildman–Crippen MR) is 63.1 cm³/mol. The van der Waals surface area contributed by atoms with E-state index in [9.17, 15) is 14.4 Å². The number of urea groups is 1. The van der Waals surface area contributed by atoms with Crippen LogP contribution in [0, 0.1) is 11.3 Å². The van der Waals surface area contributed by atoms with E-state index in [4.69, 9.17) is 0 Å². The van der Waals surface area contributed by atoms with Crippen molar-refractivity contribution >= 4 is 17.8 Å². The molecule has 1 saturated heterocycles. The average molecular weight is 240 g/mol. The Balaban J connectivity index is 3.10. The van der Waals surface area contributed by atoms with E-state index in [1.807, 2.05) is 20.8 Å². The molecule has 1 aliphatic rings. The van der Waals surface area contributed by atoms with Gasteiger partial charge in [0.05, 0.1) is 0 Å². The Morgan fingerprint density at radius 1 is 1.24 bits per heavy atom. The van der Waals surface area contributed by atoms with Gasteiger partial charge in [0.2, 0.25) is 11.8 Å². The van der Waals surface area contributed by atoms with E-state index in [1.165, 1.54) is 18.7 Å². The zero-order valence-corrected chi connectivity index (χ0v) is 11.0. The van der Waals surface area contributed by atoms with Crippen LogP contribution >= 0.6 is 0 Å². The molecule has 5 nitrogen and oxygen atoms in total. The van der Waals surface area contributed by atoms with Gasteiger partial charge < -0.3 is 0 Å². The highest BCUT2D eigenvalue weighted by molar-refractivity contribution is 6.18. The van der Waals surface area contributed by atoms with Crippen LogP contribution in [0.4, 0.5) is 4.79 Å². The lowest BCUT2D eigenvalue weighted by atomic mass is 9.86. The molecule has 1 fully saturated rings. The normalized spacial score (nSPS) is 21.8. The first-order chi connectivity index (χ1) is 7.73. The van der Waals surface area contributed by atoms with Gasteiger partial charge in [-0.15, -0.1) is 0 Å². The quantitative estimate of drug-likeness (QED) is 0.761. The van der Waals surface area contributed by atoms with Crippen LogP contribution in [0.2, 0.25) is 0 Å². The maximum absolute atomic E-state index is 12.2. The summed E-state index contributed by atoms with van der Waals surface area (Å²) in [6, 6.07) is -0.769. The van der Waals surface area contributed by atoms with Crippen LogP contribution in [0.5, 0.6) is 0 Å². The van der Waals surface area contributed by atoms with Crippen molar-refractivity contribution in [3.8, 4) is 0 Å². The lowest BCUT2D eigenvalue weighted by Crippen LogP contribution is -2.65. The van der Waals surface area contributed by atoms with Crippen LogP contribution in [-0.2, 0) is 9.59 Å². The molecule has 0 aromatic carbocycles. The monoisotopic (exact) mass is 240 g/mol. The maximum Gasteiger partial charge on any atom is 0.331 e. The number of barbiturate groups is 1. The number of nitrogens with zero attached hydrogens (tertiary/aromatic N) is 1. The van der Waals surface area contributed by atoms with E-state index in [1.54, 1.807) is 0 Å². The first-order valence-electron chi connectivity index (χ1n) is 5.92. The molecule has 1 N–H and O–H groups in total. The minimum atomic E-state index is -1.17. The van der Waals surface area contributed by atoms with Crippen molar-refractivity contribution in [2.45, 2.75) is 47.1 Å². The highest BCUT2D eigenvalue weighted by atomic mass is 16.2. The second-order valence-electron chi connectivity index (χ2n) is 5.28. The van der Waals surface area contributed by atoms with E-state index < -0.39 is 23.3 Å². The van der Waals surface area contributed by atoms with Crippen molar-refractivity contribution in [2.24, 2.45) is 11.3 Å². The number of hydrogen-bond donors (Lipinski definition) is 1. The Kier molecular flexibility index (Phi) is 3.59. The summed E-state index contributed by atoms with van der Waals surface area (Å²) in [5, 5.41) is 2.25. The Morgan fingerprint density at radius 3 is 2.18 bits per heavy atom. The number of carbonyl (C=O) groups excluding carboxylic acids is 3. The molecule has 1 atom stereocenters.